The number of amides is 1. The number of benzene rings is 1. The largest absolute Gasteiger partial charge is 0.482 e. The zero-order valence-electron chi connectivity index (χ0n) is 15.9. The third-order valence-electron chi connectivity index (χ3n) is 5.31. The van der Waals surface area contributed by atoms with E-state index >= 15 is 0 Å². The highest BCUT2D eigenvalue weighted by Gasteiger charge is 2.38. The molecule has 0 radical (unpaired) electrons. The van der Waals surface area contributed by atoms with Crippen LogP contribution in [0.3, 0.4) is 0 Å². The van der Waals surface area contributed by atoms with Crippen LogP contribution in [-0.2, 0) is 24.2 Å². The van der Waals surface area contributed by atoms with Crippen LogP contribution in [0.1, 0.15) is 38.5 Å². The van der Waals surface area contributed by atoms with Crippen LogP contribution in [-0.4, -0.2) is 62.0 Å². The second-order valence-electron chi connectivity index (χ2n) is 7.41. The molecule has 1 atom stereocenters. The number of para-hydroxylation sites is 1. The minimum atomic E-state index is -3.10. The van der Waals surface area contributed by atoms with Crippen LogP contribution in [0.4, 0.5) is 0 Å². The van der Waals surface area contributed by atoms with Crippen LogP contribution >= 0.6 is 0 Å². The molecule has 1 aliphatic carbocycles. The SMILES string of the molecule is O=C(COc1ccccc1)OCC(=O)N(C1CCCCC1)[C@@H]1CCS(=O)(=O)C1. The van der Waals surface area contributed by atoms with Crippen molar-refractivity contribution in [2.45, 2.75) is 50.6 Å². The first-order valence-electron chi connectivity index (χ1n) is 9.80. The van der Waals surface area contributed by atoms with Crippen molar-refractivity contribution in [1.29, 1.82) is 0 Å². The van der Waals surface area contributed by atoms with Gasteiger partial charge < -0.3 is 14.4 Å². The predicted octanol–water partition coefficient (Wildman–Crippen LogP) is 1.96. The Labute approximate surface area is 165 Å². The number of hydrogen-bond acceptors (Lipinski definition) is 6. The number of esters is 1. The van der Waals surface area contributed by atoms with E-state index in [1.54, 1.807) is 29.2 Å². The van der Waals surface area contributed by atoms with E-state index in [9.17, 15) is 18.0 Å². The molecule has 2 aliphatic rings. The first-order valence-corrected chi connectivity index (χ1v) is 11.6. The zero-order valence-corrected chi connectivity index (χ0v) is 16.7. The van der Waals surface area contributed by atoms with E-state index in [-0.39, 0.29) is 42.7 Å². The summed E-state index contributed by atoms with van der Waals surface area (Å²) in [6.45, 7) is -0.664. The summed E-state index contributed by atoms with van der Waals surface area (Å²) in [5.41, 5.74) is 0. The van der Waals surface area contributed by atoms with E-state index in [0.717, 1.165) is 32.1 Å². The van der Waals surface area contributed by atoms with E-state index in [2.05, 4.69) is 0 Å². The molecule has 2 fully saturated rings. The molecule has 0 unspecified atom stereocenters. The number of rotatable bonds is 7. The van der Waals surface area contributed by atoms with Crippen LogP contribution in [0, 0.1) is 0 Å². The number of carbonyl (C=O) groups is 2. The van der Waals surface area contributed by atoms with Crippen molar-refractivity contribution in [1.82, 2.24) is 4.90 Å². The van der Waals surface area contributed by atoms with Crippen LogP contribution in [0.15, 0.2) is 30.3 Å². The summed E-state index contributed by atoms with van der Waals surface area (Å²) in [5.74, 6) is -0.285. The van der Waals surface area contributed by atoms with Gasteiger partial charge in [0.2, 0.25) is 0 Å². The Balaban J connectivity index is 1.55. The molecule has 1 saturated carbocycles. The van der Waals surface area contributed by atoms with Gasteiger partial charge in [0.1, 0.15) is 5.75 Å². The maximum Gasteiger partial charge on any atom is 0.344 e. The lowest BCUT2D eigenvalue weighted by Gasteiger charge is -2.38. The zero-order chi connectivity index (χ0) is 20.0. The van der Waals surface area contributed by atoms with Gasteiger partial charge in [0.15, 0.2) is 23.1 Å². The quantitative estimate of drug-likeness (QED) is 0.640. The second-order valence-corrected chi connectivity index (χ2v) is 9.64. The summed E-state index contributed by atoms with van der Waals surface area (Å²) < 4.78 is 34.2. The minimum absolute atomic E-state index is 0.000302. The third kappa shape index (κ3) is 5.70. The molecule has 0 aromatic heterocycles. The smallest absolute Gasteiger partial charge is 0.344 e. The molecule has 3 rings (SSSR count). The van der Waals surface area contributed by atoms with Gasteiger partial charge in [-0.1, -0.05) is 37.5 Å². The normalized spacial score (nSPS) is 21.8. The average molecular weight is 410 g/mol. The lowest BCUT2D eigenvalue weighted by atomic mass is 9.93. The Bertz CT molecular complexity index is 773. The molecular weight excluding hydrogens is 382 g/mol. The highest BCUT2D eigenvalue weighted by Crippen LogP contribution is 2.28. The predicted molar refractivity (Wildman–Crippen MR) is 104 cm³/mol. The Kier molecular flexibility index (Phi) is 6.93. The standard InChI is InChI=1S/C20H27NO6S/c22-19(13-27-20(23)14-26-18-9-5-2-6-10-18)21(16-7-3-1-4-8-16)17-11-12-28(24,25)15-17/h2,5-6,9-10,16-17H,1,3-4,7-8,11-15H2/t17-/m1/s1. The molecule has 0 bridgehead atoms. The Morgan fingerprint density at radius 1 is 0.964 bits per heavy atom. The molecule has 1 aromatic carbocycles. The van der Waals surface area contributed by atoms with E-state index in [1.807, 2.05) is 6.07 Å². The molecule has 1 amide bonds. The van der Waals surface area contributed by atoms with Crippen molar-refractivity contribution < 1.29 is 27.5 Å². The molecule has 1 aliphatic heterocycles. The molecule has 8 heteroatoms. The van der Waals surface area contributed by atoms with Crippen LogP contribution < -0.4 is 4.74 Å². The molecular formula is C20H27NO6S. The molecule has 1 aromatic rings. The maximum absolute atomic E-state index is 12.8. The highest BCUT2D eigenvalue weighted by molar-refractivity contribution is 7.91. The fourth-order valence-corrected chi connectivity index (χ4v) is 5.69. The second kappa shape index (κ2) is 9.41. The first-order chi connectivity index (χ1) is 13.4. The van der Waals surface area contributed by atoms with Crippen molar-refractivity contribution in [3.8, 4) is 5.75 Å². The van der Waals surface area contributed by atoms with Crippen molar-refractivity contribution in [2.24, 2.45) is 0 Å². The van der Waals surface area contributed by atoms with Gasteiger partial charge in [-0.2, -0.15) is 0 Å². The van der Waals surface area contributed by atoms with Gasteiger partial charge in [0, 0.05) is 12.1 Å². The van der Waals surface area contributed by atoms with Gasteiger partial charge in [-0.15, -0.1) is 0 Å². The van der Waals surface area contributed by atoms with E-state index in [1.165, 1.54) is 0 Å². The summed E-state index contributed by atoms with van der Waals surface area (Å²) in [6, 6.07) is 8.59. The fraction of sp³-hybridized carbons (Fsp3) is 0.600. The molecule has 154 valence electrons. The lowest BCUT2D eigenvalue weighted by molar-refractivity contribution is -0.155. The average Bonchev–Trinajstić information content (AvgIpc) is 3.06. The maximum atomic E-state index is 12.8. The fourth-order valence-electron chi connectivity index (χ4n) is 3.98. The van der Waals surface area contributed by atoms with Crippen LogP contribution in [0.2, 0.25) is 0 Å². The van der Waals surface area contributed by atoms with Gasteiger partial charge in [-0.3, -0.25) is 4.79 Å². The topological polar surface area (TPSA) is 90.0 Å². The van der Waals surface area contributed by atoms with E-state index in [0.29, 0.717) is 12.2 Å². The number of carbonyl (C=O) groups excluding carboxylic acids is 2. The lowest BCUT2D eigenvalue weighted by Crippen LogP contribution is -2.50. The van der Waals surface area contributed by atoms with Crippen LogP contribution in [0.25, 0.3) is 0 Å². The number of ether oxygens (including phenoxy) is 2. The molecule has 1 saturated heterocycles. The summed E-state index contributed by atoms with van der Waals surface area (Å²) in [6.07, 6.45) is 5.38. The summed E-state index contributed by atoms with van der Waals surface area (Å²) >= 11 is 0. The molecule has 7 nitrogen and oxygen atoms in total. The number of nitrogens with zero attached hydrogens (tertiary/aromatic N) is 1. The Hall–Kier alpha value is -2.09. The molecule has 1 heterocycles. The number of hydrogen-bond donors (Lipinski definition) is 0. The van der Waals surface area contributed by atoms with Gasteiger partial charge in [-0.25, -0.2) is 13.2 Å². The van der Waals surface area contributed by atoms with Gasteiger partial charge in [0.25, 0.3) is 5.91 Å². The summed E-state index contributed by atoms with van der Waals surface area (Å²) in [7, 11) is -3.10. The van der Waals surface area contributed by atoms with Gasteiger partial charge in [0.05, 0.1) is 11.5 Å². The van der Waals surface area contributed by atoms with Crippen molar-refractivity contribution in [2.75, 3.05) is 24.7 Å². The molecule has 28 heavy (non-hydrogen) atoms. The summed E-state index contributed by atoms with van der Waals surface area (Å²) in [5, 5.41) is 0. The molecule has 0 spiro atoms. The van der Waals surface area contributed by atoms with Crippen LogP contribution in [0.5, 0.6) is 5.75 Å². The first kappa shape index (κ1) is 20.6. The summed E-state index contributed by atoms with van der Waals surface area (Å²) in [4.78, 5) is 26.5. The minimum Gasteiger partial charge on any atom is -0.482 e. The monoisotopic (exact) mass is 409 g/mol. The molecule has 0 N–H and O–H groups in total. The highest BCUT2D eigenvalue weighted by atomic mass is 32.2. The van der Waals surface area contributed by atoms with Gasteiger partial charge >= 0.3 is 5.97 Å². The van der Waals surface area contributed by atoms with Gasteiger partial charge in [-0.05, 0) is 31.4 Å². The van der Waals surface area contributed by atoms with E-state index < -0.39 is 15.8 Å². The van der Waals surface area contributed by atoms with Crippen molar-refractivity contribution in [3.05, 3.63) is 30.3 Å². The Morgan fingerprint density at radius 2 is 1.68 bits per heavy atom. The van der Waals surface area contributed by atoms with Crippen molar-refractivity contribution in [3.63, 3.8) is 0 Å². The number of sulfone groups is 1. The Morgan fingerprint density at radius 3 is 2.32 bits per heavy atom. The third-order valence-corrected chi connectivity index (χ3v) is 7.06. The van der Waals surface area contributed by atoms with E-state index in [4.69, 9.17) is 9.47 Å². The van der Waals surface area contributed by atoms with Crippen molar-refractivity contribution >= 4 is 21.7 Å².